The quantitative estimate of drug-likeness (QED) is 0.491. The first-order valence-corrected chi connectivity index (χ1v) is 11.6. The Morgan fingerprint density at radius 3 is 2.87 bits per heavy atom. The van der Waals surface area contributed by atoms with Crippen LogP contribution in [-0.2, 0) is 0 Å². The van der Waals surface area contributed by atoms with Crippen LogP contribution in [0.15, 0.2) is 47.5 Å². The predicted octanol–water partition coefficient (Wildman–Crippen LogP) is 6.02. The van der Waals surface area contributed by atoms with Crippen molar-refractivity contribution in [3.8, 4) is 11.5 Å². The van der Waals surface area contributed by atoms with E-state index < -0.39 is 5.97 Å². The third kappa shape index (κ3) is 3.23. The molecule has 1 heterocycles. The molecule has 31 heavy (non-hydrogen) atoms. The smallest absolute Gasteiger partial charge is 0.336 e. The number of nitrogens with one attached hydrogen (secondary N) is 1. The summed E-state index contributed by atoms with van der Waals surface area (Å²) in [6.45, 7) is 4.12. The summed E-state index contributed by atoms with van der Waals surface area (Å²) >= 11 is 3.67. The van der Waals surface area contributed by atoms with Gasteiger partial charge in [-0.1, -0.05) is 18.7 Å². The summed E-state index contributed by atoms with van der Waals surface area (Å²) in [6, 6.07) is 9.85. The molecule has 0 radical (unpaired) electrons. The Labute approximate surface area is 190 Å². The van der Waals surface area contributed by atoms with Gasteiger partial charge in [-0.05, 0) is 94.3 Å². The summed E-state index contributed by atoms with van der Waals surface area (Å²) in [5.41, 5.74) is 3.52. The van der Waals surface area contributed by atoms with Crippen LogP contribution in [0, 0.1) is 17.8 Å². The summed E-state index contributed by atoms with van der Waals surface area (Å²) in [7, 11) is 1.65. The predicted molar refractivity (Wildman–Crippen MR) is 123 cm³/mol. The first-order chi connectivity index (χ1) is 15.0. The number of aromatic carboxylic acids is 1. The minimum atomic E-state index is -0.841. The van der Waals surface area contributed by atoms with Crippen molar-refractivity contribution in [2.45, 2.75) is 31.2 Å². The van der Waals surface area contributed by atoms with Gasteiger partial charge >= 0.3 is 5.97 Å². The fraction of sp³-hybridized carbons (Fsp3) is 0.400. The van der Waals surface area contributed by atoms with Gasteiger partial charge in [-0.15, -0.1) is 0 Å². The number of ether oxygens (including phenoxy) is 2. The lowest BCUT2D eigenvalue weighted by molar-refractivity contribution is 0.0693. The number of carbonyl (C=O) groups is 1. The van der Waals surface area contributed by atoms with Crippen molar-refractivity contribution in [1.29, 1.82) is 0 Å². The van der Waals surface area contributed by atoms with Crippen LogP contribution in [0.3, 0.4) is 0 Å². The average molecular weight is 484 g/mol. The SMILES string of the molecule is C=CCOc1c(Br)cc([C@@H]2Nc3cccc(C(=O)O)c3[C@@H]3[C@H]4CC[C@H](C4)[C@@H]32)cc1OC. The van der Waals surface area contributed by atoms with E-state index in [1.807, 2.05) is 12.1 Å². The highest BCUT2D eigenvalue weighted by Gasteiger charge is 2.54. The molecule has 2 bridgehead atoms. The molecule has 0 amide bonds. The number of benzene rings is 2. The summed E-state index contributed by atoms with van der Waals surface area (Å²) < 4.78 is 12.3. The van der Waals surface area contributed by atoms with E-state index in [9.17, 15) is 9.90 Å². The van der Waals surface area contributed by atoms with E-state index in [1.54, 1.807) is 19.3 Å². The molecule has 0 spiro atoms. The second-order valence-electron chi connectivity index (χ2n) is 8.76. The zero-order valence-electron chi connectivity index (χ0n) is 17.4. The van der Waals surface area contributed by atoms with Gasteiger partial charge < -0.3 is 19.9 Å². The molecule has 2 saturated carbocycles. The summed E-state index contributed by atoms with van der Waals surface area (Å²) in [5.74, 6) is 2.30. The monoisotopic (exact) mass is 483 g/mol. The lowest BCUT2D eigenvalue weighted by atomic mass is 9.67. The van der Waals surface area contributed by atoms with Gasteiger partial charge in [0, 0.05) is 5.69 Å². The summed E-state index contributed by atoms with van der Waals surface area (Å²) in [4.78, 5) is 12.0. The van der Waals surface area contributed by atoms with E-state index in [0.717, 1.165) is 21.3 Å². The Balaban J connectivity index is 1.61. The third-order valence-electron chi connectivity index (χ3n) is 7.30. The van der Waals surface area contributed by atoms with Crippen LogP contribution >= 0.6 is 15.9 Å². The molecule has 6 heteroatoms. The molecule has 0 aromatic heterocycles. The van der Waals surface area contributed by atoms with E-state index in [-0.39, 0.29) is 12.0 Å². The van der Waals surface area contributed by atoms with E-state index in [1.165, 1.54) is 19.3 Å². The number of hydrogen-bond acceptors (Lipinski definition) is 4. The van der Waals surface area contributed by atoms with Crippen molar-refractivity contribution < 1.29 is 19.4 Å². The second kappa shape index (κ2) is 7.90. The number of halogens is 1. The van der Waals surface area contributed by atoms with Crippen molar-refractivity contribution in [3.05, 3.63) is 64.1 Å². The van der Waals surface area contributed by atoms with Gasteiger partial charge in [0.2, 0.25) is 0 Å². The van der Waals surface area contributed by atoms with E-state index in [4.69, 9.17) is 9.47 Å². The summed E-state index contributed by atoms with van der Waals surface area (Å²) in [5, 5.41) is 13.6. The van der Waals surface area contributed by atoms with Crippen LogP contribution in [0.1, 0.15) is 52.7 Å². The molecule has 3 aliphatic rings. The van der Waals surface area contributed by atoms with E-state index in [0.29, 0.717) is 41.4 Å². The highest BCUT2D eigenvalue weighted by atomic mass is 79.9. The highest BCUT2D eigenvalue weighted by molar-refractivity contribution is 9.10. The van der Waals surface area contributed by atoms with Crippen LogP contribution in [0.2, 0.25) is 0 Å². The van der Waals surface area contributed by atoms with Gasteiger partial charge in [0.05, 0.1) is 23.2 Å². The molecule has 0 saturated heterocycles. The number of fused-ring (bicyclic) bond motifs is 7. The normalized spacial score (nSPS) is 27.7. The van der Waals surface area contributed by atoms with Crippen molar-refractivity contribution in [3.63, 3.8) is 0 Å². The number of hydrogen-bond donors (Lipinski definition) is 2. The van der Waals surface area contributed by atoms with Gasteiger partial charge in [-0.2, -0.15) is 0 Å². The van der Waals surface area contributed by atoms with Gasteiger partial charge in [0.1, 0.15) is 6.61 Å². The largest absolute Gasteiger partial charge is 0.493 e. The molecule has 2 aromatic rings. The minimum absolute atomic E-state index is 0.0931. The Morgan fingerprint density at radius 2 is 2.13 bits per heavy atom. The van der Waals surface area contributed by atoms with E-state index in [2.05, 4.69) is 40.0 Å². The molecule has 2 aromatic carbocycles. The molecule has 162 valence electrons. The molecule has 2 aliphatic carbocycles. The third-order valence-corrected chi connectivity index (χ3v) is 7.89. The average Bonchev–Trinajstić information content (AvgIpc) is 3.39. The standard InChI is InChI=1S/C25H26BrNO4/c1-3-9-31-24-17(26)11-15(12-19(24)30-2)23-21-14-8-7-13(10-14)20(21)22-16(25(28)29)5-4-6-18(22)27-23/h3-6,11-14,20-21,23,27H,1,7-10H2,2H3,(H,28,29)/t13-,14+,20+,21-,23-/m0/s1. The number of methoxy groups -OCH3 is 1. The zero-order chi connectivity index (χ0) is 21.7. The molecule has 5 atom stereocenters. The maximum Gasteiger partial charge on any atom is 0.336 e. The molecule has 1 aliphatic heterocycles. The van der Waals surface area contributed by atoms with Crippen LogP contribution in [0.5, 0.6) is 11.5 Å². The minimum Gasteiger partial charge on any atom is -0.493 e. The highest BCUT2D eigenvalue weighted by Crippen LogP contribution is 2.64. The van der Waals surface area contributed by atoms with Crippen molar-refractivity contribution in [1.82, 2.24) is 0 Å². The number of anilines is 1. The van der Waals surface area contributed by atoms with Gasteiger partial charge in [0.25, 0.3) is 0 Å². The molecule has 2 fully saturated rings. The zero-order valence-corrected chi connectivity index (χ0v) is 19.0. The van der Waals surface area contributed by atoms with Crippen LogP contribution in [0.4, 0.5) is 5.69 Å². The van der Waals surface area contributed by atoms with Crippen LogP contribution in [0.25, 0.3) is 0 Å². The molecule has 2 N–H and O–H groups in total. The number of rotatable bonds is 6. The van der Waals surface area contributed by atoms with Crippen molar-refractivity contribution in [2.75, 3.05) is 19.0 Å². The van der Waals surface area contributed by atoms with Crippen LogP contribution in [-0.4, -0.2) is 24.8 Å². The van der Waals surface area contributed by atoms with Gasteiger partial charge in [0.15, 0.2) is 11.5 Å². The van der Waals surface area contributed by atoms with Crippen molar-refractivity contribution >= 4 is 27.6 Å². The maximum absolute atomic E-state index is 12.0. The maximum atomic E-state index is 12.0. The molecule has 5 rings (SSSR count). The Bertz CT molecular complexity index is 1050. The molecule has 5 nitrogen and oxygen atoms in total. The number of carboxylic acid groups (broad SMARTS) is 1. The molecular weight excluding hydrogens is 458 g/mol. The van der Waals surface area contributed by atoms with Gasteiger partial charge in [-0.25, -0.2) is 4.79 Å². The molecule has 0 unspecified atom stereocenters. The van der Waals surface area contributed by atoms with Crippen LogP contribution < -0.4 is 14.8 Å². The Kier molecular flexibility index (Phi) is 5.21. The first kappa shape index (κ1) is 20.4. The lowest BCUT2D eigenvalue weighted by Gasteiger charge is -2.44. The summed E-state index contributed by atoms with van der Waals surface area (Å²) in [6.07, 6.45) is 5.29. The number of carboxylic acids is 1. The second-order valence-corrected chi connectivity index (χ2v) is 9.62. The van der Waals surface area contributed by atoms with E-state index >= 15 is 0 Å². The fourth-order valence-electron chi connectivity index (χ4n) is 6.25. The first-order valence-electron chi connectivity index (χ1n) is 10.8. The molecular formula is C25H26BrNO4. The Morgan fingerprint density at radius 1 is 1.32 bits per heavy atom. The topological polar surface area (TPSA) is 67.8 Å². The lowest BCUT2D eigenvalue weighted by Crippen LogP contribution is -2.36. The van der Waals surface area contributed by atoms with Gasteiger partial charge in [-0.3, -0.25) is 0 Å². The Hall–Kier alpha value is -2.47. The van der Waals surface area contributed by atoms with Crippen molar-refractivity contribution in [2.24, 2.45) is 17.8 Å². The fourth-order valence-corrected chi connectivity index (χ4v) is 6.83.